The van der Waals surface area contributed by atoms with Gasteiger partial charge in [-0.1, -0.05) is 0 Å². The summed E-state index contributed by atoms with van der Waals surface area (Å²) in [5, 5.41) is 0. The quantitative estimate of drug-likeness (QED) is 0.611. The number of rotatable bonds is 2. The van der Waals surface area contributed by atoms with E-state index in [1.165, 1.54) is 38.8 Å². The second-order valence-corrected chi connectivity index (χ2v) is 4.46. The zero-order valence-electron chi connectivity index (χ0n) is 8.29. The molecule has 0 amide bonds. The first-order valence-corrected chi connectivity index (χ1v) is 5.18. The molecule has 2 aliphatic rings. The van der Waals surface area contributed by atoms with Crippen LogP contribution in [-0.2, 0) is 0 Å². The minimum absolute atomic E-state index is 0.847. The van der Waals surface area contributed by atoms with E-state index in [0.717, 1.165) is 12.1 Å². The molecule has 0 aromatic rings. The molecule has 1 saturated carbocycles. The van der Waals surface area contributed by atoms with Crippen molar-refractivity contribution in [1.29, 1.82) is 0 Å². The fourth-order valence-corrected chi connectivity index (χ4v) is 2.21. The molecule has 0 unspecified atom stereocenters. The maximum Gasteiger partial charge on any atom is 0.0113 e. The van der Waals surface area contributed by atoms with Gasteiger partial charge in [0.1, 0.15) is 0 Å². The third kappa shape index (κ3) is 1.80. The van der Waals surface area contributed by atoms with Gasteiger partial charge in [0.15, 0.2) is 0 Å². The highest BCUT2D eigenvalue weighted by Gasteiger charge is 2.31. The third-order valence-corrected chi connectivity index (χ3v) is 3.29. The van der Waals surface area contributed by atoms with Gasteiger partial charge in [-0.05, 0) is 52.9 Å². The highest BCUT2D eigenvalue weighted by molar-refractivity contribution is 4.88. The first-order valence-electron chi connectivity index (χ1n) is 5.18. The molecule has 0 bridgehead atoms. The van der Waals surface area contributed by atoms with E-state index in [-0.39, 0.29) is 0 Å². The van der Waals surface area contributed by atoms with E-state index in [1.807, 2.05) is 0 Å². The molecular formula is C10H20N2. The highest BCUT2D eigenvalue weighted by Crippen LogP contribution is 2.29. The van der Waals surface area contributed by atoms with Crippen molar-refractivity contribution in [3.8, 4) is 0 Å². The lowest BCUT2D eigenvalue weighted by Crippen LogP contribution is -2.42. The topological polar surface area (TPSA) is 6.48 Å². The molecule has 1 saturated heterocycles. The normalized spacial score (nSPS) is 28.2. The molecule has 0 spiro atoms. The van der Waals surface area contributed by atoms with Crippen LogP contribution in [0.3, 0.4) is 0 Å². The Balaban J connectivity index is 1.76. The maximum atomic E-state index is 2.68. The van der Waals surface area contributed by atoms with E-state index >= 15 is 0 Å². The lowest BCUT2D eigenvalue weighted by atomic mass is 10.0. The van der Waals surface area contributed by atoms with Crippen molar-refractivity contribution < 1.29 is 0 Å². The molecule has 12 heavy (non-hydrogen) atoms. The highest BCUT2D eigenvalue weighted by atomic mass is 15.2. The fraction of sp³-hybridized carbons (Fsp3) is 1.00. The largest absolute Gasteiger partial charge is 0.306 e. The lowest BCUT2D eigenvalue weighted by molar-refractivity contribution is 0.139. The Labute approximate surface area is 75.5 Å². The van der Waals surface area contributed by atoms with Gasteiger partial charge in [-0.3, -0.25) is 0 Å². The van der Waals surface area contributed by atoms with Gasteiger partial charge >= 0.3 is 0 Å². The van der Waals surface area contributed by atoms with E-state index in [9.17, 15) is 0 Å². The molecule has 1 aliphatic carbocycles. The predicted molar refractivity (Wildman–Crippen MR) is 51.3 cm³/mol. The Kier molecular flexibility index (Phi) is 2.37. The third-order valence-electron chi connectivity index (χ3n) is 3.29. The van der Waals surface area contributed by atoms with Gasteiger partial charge in [0, 0.05) is 12.1 Å². The van der Waals surface area contributed by atoms with Gasteiger partial charge in [0.25, 0.3) is 0 Å². The SMILES string of the molecule is CN(C)C1CCN(C2CC2)CC1. The van der Waals surface area contributed by atoms with Crippen molar-refractivity contribution in [2.45, 2.75) is 37.8 Å². The first-order chi connectivity index (χ1) is 5.77. The van der Waals surface area contributed by atoms with Crippen molar-refractivity contribution in [2.24, 2.45) is 0 Å². The van der Waals surface area contributed by atoms with Crippen molar-refractivity contribution in [3.63, 3.8) is 0 Å². The summed E-state index contributed by atoms with van der Waals surface area (Å²) in [6.07, 6.45) is 5.69. The lowest BCUT2D eigenvalue weighted by Gasteiger charge is -2.35. The van der Waals surface area contributed by atoms with Gasteiger partial charge in [-0.15, -0.1) is 0 Å². The number of nitrogens with zero attached hydrogens (tertiary/aromatic N) is 2. The standard InChI is InChI=1S/C10H20N2/c1-11(2)9-5-7-12(8-6-9)10-3-4-10/h9-10H,3-8H2,1-2H3. The molecule has 2 rings (SSSR count). The van der Waals surface area contributed by atoms with Crippen LogP contribution in [0.1, 0.15) is 25.7 Å². The van der Waals surface area contributed by atoms with Crippen LogP contribution in [0, 0.1) is 0 Å². The zero-order chi connectivity index (χ0) is 8.55. The Morgan fingerprint density at radius 1 is 1.00 bits per heavy atom. The summed E-state index contributed by atoms with van der Waals surface area (Å²) in [5.74, 6) is 0. The van der Waals surface area contributed by atoms with E-state index in [0.29, 0.717) is 0 Å². The molecule has 0 atom stereocenters. The maximum absolute atomic E-state index is 2.68. The summed E-state index contributed by atoms with van der Waals surface area (Å²) in [4.78, 5) is 5.06. The summed E-state index contributed by atoms with van der Waals surface area (Å²) < 4.78 is 0. The van der Waals surface area contributed by atoms with Crippen molar-refractivity contribution in [1.82, 2.24) is 9.80 Å². The molecular weight excluding hydrogens is 148 g/mol. The van der Waals surface area contributed by atoms with Crippen LogP contribution in [0.25, 0.3) is 0 Å². The Hall–Kier alpha value is -0.0800. The Morgan fingerprint density at radius 3 is 2.00 bits per heavy atom. The number of hydrogen-bond donors (Lipinski definition) is 0. The average Bonchev–Trinajstić information content (AvgIpc) is 2.87. The number of hydrogen-bond acceptors (Lipinski definition) is 2. The molecule has 0 radical (unpaired) electrons. The Morgan fingerprint density at radius 2 is 1.58 bits per heavy atom. The number of likely N-dealkylation sites (tertiary alicyclic amines) is 1. The average molecular weight is 168 g/mol. The van der Waals surface area contributed by atoms with Crippen LogP contribution in [0.15, 0.2) is 0 Å². The summed E-state index contributed by atoms with van der Waals surface area (Å²) in [7, 11) is 4.41. The molecule has 1 heterocycles. The van der Waals surface area contributed by atoms with Gasteiger partial charge < -0.3 is 9.80 Å². The van der Waals surface area contributed by atoms with E-state index < -0.39 is 0 Å². The predicted octanol–water partition coefficient (Wildman–Crippen LogP) is 1.17. The van der Waals surface area contributed by atoms with Gasteiger partial charge in [-0.2, -0.15) is 0 Å². The zero-order valence-corrected chi connectivity index (χ0v) is 8.29. The summed E-state index contributed by atoms with van der Waals surface area (Å²) in [5.41, 5.74) is 0. The second kappa shape index (κ2) is 3.35. The monoisotopic (exact) mass is 168 g/mol. The minimum atomic E-state index is 0.847. The van der Waals surface area contributed by atoms with Crippen LogP contribution >= 0.6 is 0 Å². The minimum Gasteiger partial charge on any atom is -0.306 e. The smallest absolute Gasteiger partial charge is 0.0113 e. The first kappa shape index (κ1) is 8.52. The molecule has 1 aliphatic heterocycles. The molecule has 70 valence electrons. The molecule has 2 nitrogen and oxygen atoms in total. The molecule has 0 aromatic carbocycles. The van der Waals surface area contributed by atoms with Gasteiger partial charge in [-0.25, -0.2) is 0 Å². The van der Waals surface area contributed by atoms with Crippen molar-refractivity contribution >= 4 is 0 Å². The van der Waals surface area contributed by atoms with Crippen molar-refractivity contribution in [2.75, 3.05) is 27.2 Å². The number of piperidine rings is 1. The van der Waals surface area contributed by atoms with Crippen LogP contribution < -0.4 is 0 Å². The van der Waals surface area contributed by atoms with Crippen molar-refractivity contribution in [3.05, 3.63) is 0 Å². The van der Waals surface area contributed by atoms with Crippen LogP contribution in [0.2, 0.25) is 0 Å². The van der Waals surface area contributed by atoms with Gasteiger partial charge in [0.2, 0.25) is 0 Å². The molecule has 0 aromatic heterocycles. The molecule has 2 heteroatoms. The summed E-state index contributed by atoms with van der Waals surface area (Å²) >= 11 is 0. The second-order valence-electron chi connectivity index (χ2n) is 4.46. The van der Waals surface area contributed by atoms with Crippen LogP contribution in [0.5, 0.6) is 0 Å². The fourth-order valence-electron chi connectivity index (χ4n) is 2.21. The molecule has 0 N–H and O–H groups in total. The molecule has 2 fully saturated rings. The van der Waals surface area contributed by atoms with Crippen LogP contribution in [0.4, 0.5) is 0 Å². The summed E-state index contributed by atoms with van der Waals surface area (Å²) in [6, 6.07) is 1.83. The van der Waals surface area contributed by atoms with E-state index in [1.54, 1.807) is 0 Å². The van der Waals surface area contributed by atoms with Crippen LogP contribution in [-0.4, -0.2) is 49.1 Å². The Bertz CT molecular complexity index is 134. The van der Waals surface area contributed by atoms with Gasteiger partial charge in [0.05, 0.1) is 0 Å². The van der Waals surface area contributed by atoms with E-state index in [2.05, 4.69) is 23.9 Å². The van der Waals surface area contributed by atoms with E-state index in [4.69, 9.17) is 0 Å². The summed E-state index contributed by atoms with van der Waals surface area (Å²) in [6.45, 7) is 2.68.